The van der Waals surface area contributed by atoms with E-state index >= 15 is 0 Å². The molecule has 0 radical (unpaired) electrons. The molecule has 1 atom stereocenters. The maximum absolute atomic E-state index is 11.8. The highest BCUT2D eigenvalue weighted by atomic mass is 16.4. The fourth-order valence-corrected chi connectivity index (χ4v) is 1.37. The molecule has 0 aliphatic heterocycles. The number of rotatable bonds is 10. The zero-order valence-electron chi connectivity index (χ0n) is 11.6. The van der Waals surface area contributed by atoms with Crippen molar-refractivity contribution in [2.45, 2.75) is 18.9 Å². The van der Waals surface area contributed by atoms with Gasteiger partial charge in [0.25, 0.3) is 0 Å². The van der Waals surface area contributed by atoms with Gasteiger partial charge in [-0.3, -0.25) is 19.2 Å². The molecule has 0 aromatic carbocycles. The molecule has 0 aromatic heterocycles. The van der Waals surface area contributed by atoms with E-state index in [-0.39, 0.29) is 13.1 Å². The van der Waals surface area contributed by atoms with Crippen molar-refractivity contribution in [1.29, 1.82) is 0 Å². The smallest absolute Gasteiger partial charge is 0.322 e. The summed E-state index contributed by atoms with van der Waals surface area (Å²) >= 11 is 0. The number of carbonyl (C=O) groups excluding carboxylic acids is 3. The number of carboxylic acid groups (broad SMARTS) is 1. The summed E-state index contributed by atoms with van der Waals surface area (Å²) in [5.41, 5.74) is 10.5. The molecular formula is C11H21N5O5. The summed E-state index contributed by atoms with van der Waals surface area (Å²) in [4.78, 5) is 44.6. The van der Waals surface area contributed by atoms with E-state index in [0.29, 0.717) is 19.4 Å². The van der Waals surface area contributed by atoms with Gasteiger partial charge in [-0.2, -0.15) is 0 Å². The van der Waals surface area contributed by atoms with Gasteiger partial charge in [-0.05, 0) is 19.4 Å². The van der Waals surface area contributed by atoms with Crippen LogP contribution in [-0.2, 0) is 19.2 Å². The van der Waals surface area contributed by atoms with Gasteiger partial charge in [-0.1, -0.05) is 0 Å². The molecule has 21 heavy (non-hydrogen) atoms. The average Bonchev–Trinajstić information content (AvgIpc) is 2.46. The molecule has 0 aromatic rings. The van der Waals surface area contributed by atoms with Gasteiger partial charge >= 0.3 is 5.97 Å². The number of amides is 3. The lowest BCUT2D eigenvalue weighted by molar-refractivity contribution is -0.138. The van der Waals surface area contributed by atoms with Crippen molar-refractivity contribution >= 4 is 23.7 Å². The van der Waals surface area contributed by atoms with Crippen molar-refractivity contribution in [3.63, 3.8) is 0 Å². The fraction of sp³-hybridized carbons (Fsp3) is 0.636. The molecule has 3 amide bonds. The van der Waals surface area contributed by atoms with Gasteiger partial charge in [0, 0.05) is 0 Å². The summed E-state index contributed by atoms with van der Waals surface area (Å²) in [6, 6.07) is -0.836. The molecule has 0 aliphatic carbocycles. The molecule has 0 rings (SSSR count). The summed E-state index contributed by atoms with van der Waals surface area (Å²) in [5.74, 6) is -2.89. The highest BCUT2D eigenvalue weighted by Gasteiger charge is 2.20. The third-order valence-electron chi connectivity index (χ3n) is 2.39. The van der Waals surface area contributed by atoms with Crippen LogP contribution >= 0.6 is 0 Å². The number of nitrogens with one attached hydrogen (secondary N) is 3. The maximum atomic E-state index is 11.8. The Kier molecular flexibility index (Phi) is 9.46. The molecule has 0 fully saturated rings. The molecule has 10 nitrogen and oxygen atoms in total. The third-order valence-corrected chi connectivity index (χ3v) is 2.39. The molecule has 0 saturated heterocycles. The number of hydrogen-bond donors (Lipinski definition) is 6. The Morgan fingerprint density at radius 1 is 1.00 bits per heavy atom. The van der Waals surface area contributed by atoms with E-state index < -0.39 is 36.3 Å². The summed E-state index contributed by atoms with van der Waals surface area (Å²) in [7, 11) is 0. The number of nitrogens with two attached hydrogens (primary N) is 2. The Bertz CT molecular complexity index is 387. The first-order chi connectivity index (χ1) is 9.90. The van der Waals surface area contributed by atoms with Crippen LogP contribution in [0.2, 0.25) is 0 Å². The SMILES string of the molecule is NCCC[C@H](NC(=O)CN)C(=O)NCC(=O)NCC(=O)O. The van der Waals surface area contributed by atoms with Crippen molar-refractivity contribution in [1.82, 2.24) is 16.0 Å². The zero-order valence-corrected chi connectivity index (χ0v) is 11.6. The van der Waals surface area contributed by atoms with Gasteiger partial charge in [0.1, 0.15) is 12.6 Å². The van der Waals surface area contributed by atoms with Gasteiger partial charge in [0.05, 0.1) is 13.1 Å². The standard InChI is InChI=1S/C11H21N5O5/c12-3-1-2-7(16-8(17)4-13)11(21)15-5-9(18)14-6-10(19)20/h7H,1-6,12-13H2,(H,14,18)(H,15,21)(H,16,17)(H,19,20)/t7-/m0/s1. The van der Waals surface area contributed by atoms with Crippen molar-refractivity contribution in [2.24, 2.45) is 11.5 Å². The van der Waals surface area contributed by atoms with Crippen LogP contribution in [0.3, 0.4) is 0 Å². The molecule has 0 saturated carbocycles. The summed E-state index contributed by atoms with van der Waals surface area (Å²) in [5, 5.41) is 15.2. The largest absolute Gasteiger partial charge is 0.480 e. The van der Waals surface area contributed by atoms with Crippen LogP contribution in [0.5, 0.6) is 0 Å². The number of aliphatic carboxylic acids is 1. The van der Waals surface area contributed by atoms with Crippen LogP contribution in [-0.4, -0.2) is 61.0 Å². The predicted molar refractivity (Wildman–Crippen MR) is 72.9 cm³/mol. The Morgan fingerprint density at radius 2 is 1.67 bits per heavy atom. The Hall–Kier alpha value is -2.20. The topological polar surface area (TPSA) is 177 Å². The van der Waals surface area contributed by atoms with Gasteiger partial charge in [-0.15, -0.1) is 0 Å². The molecule has 8 N–H and O–H groups in total. The fourth-order valence-electron chi connectivity index (χ4n) is 1.37. The van der Waals surface area contributed by atoms with Gasteiger partial charge < -0.3 is 32.5 Å². The van der Waals surface area contributed by atoms with Gasteiger partial charge in [0.2, 0.25) is 17.7 Å². The van der Waals surface area contributed by atoms with Crippen molar-refractivity contribution in [3.05, 3.63) is 0 Å². The first kappa shape index (κ1) is 18.8. The Labute approximate surface area is 121 Å². The van der Waals surface area contributed by atoms with Crippen LogP contribution in [0.4, 0.5) is 0 Å². The predicted octanol–water partition coefficient (Wildman–Crippen LogP) is -3.51. The van der Waals surface area contributed by atoms with E-state index in [9.17, 15) is 19.2 Å². The quantitative estimate of drug-likeness (QED) is 0.242. The van der Waals surface area contributed by atoms with Crippen LogP contribution in [0, 0.1) is 0 Å². The molecule has 120 valence electrons. The minimum atomic E-state index is -1.19. The second kappa shape index (κ2) is 10.6. The zero-order chi connectivity index (χ0) is 16.3. The number of carboxylic acids is 1. The lowest BCUT2D eigenvalue weighted by Gasteiger charge is -2.17. The van der Waals surface area contributed by atoms with Crippen LogP contribution in [0.25, 0.3) is 0 Å². The van der Waals surface area contributed by atoms with Crippen LogP contribution in [0.1, 0.15) is 12.8 Å². The molecule has 0 bridgehead atoms. The number of hydrogen-bond acceptors (Lipinski definition) is 6. The first-order valence-electron chi connectivity index (χ1n) is 6.36. The number of carbonyl (C=O) groups is 4. The molecular weight excluding hydrogens is 282 g/mol. The molecule has 0 unspecified atom stereocenters. The van der Waals surface area contributed by atoms with E-state index in [4.69, 9.17) is 16.6 Å². The first-order valence-corrected chi connectivity index (χ1v) is 6.36. The van der Waals surface area contributed by atoms with Crippen LogP contribution < -0.4 is 27.4 Å². The molecule has 0 aliphatic rings. The minimum Gasteiger partial charge on any atom is -0.480 e. The minimum absolute atomic E-state index is 0.258. The third kappa shape index (κ3) is 9.35. The maximum Gasteiger partial charge on any atom is 0.322 e. The normalized spacial score (nSPS) is 11.3. The van der Waals surface area contributed by atoms with Crippen molar-refractivity contribution < 1.29 is 24.3 Å². The van der Waals surface area contributed by atoms with E-state index in [1.54, 1.807) is 0 Å². The van der Waals surface area contributed by atoms with E-state index in [2.05, 4.69) is 16.0 Å². The van der Waals surface area contributed by atoms with Crippen molar-refractivity contribution in [3.8, 4) is 0 Å². The second-order valence-electron chi connectivity index (χ2n) is 4.14. The second-order valence-corrected chi connectivity index (χ2v) is 4.14. The van der Waals surface area contributed by atoms with Crippen molar-refractivity contribution in [2.75, 3.05) is 26.2 Å². The Balaban J connectivity index is 4.28. The monoisotopic (exact) mass is 303 g/mol. The molecule has 10 heteroatoms. The van der Waals surface area contributed by atoms with Gasteiger partial charge in [-0.25, -0.2) is 0 Å². The molecule has 0 heterocycles. The highest BCUT2D eigenvalue weighted by Crippen LogP contribution is 1.96. The molecule has 0 spiro atoms. The summed E-state index contributed by atoms with van der Waals surface area (Å²) in [6.07, 6.45) is 0.818. The average molecular weight is 303 g/mol. The Morgan fingerprint density at radius 3 is 2.19 bits per heavy atom. The highest BCUT2D eigenvalue weighted by molar-refractivity contribution is 5.91. The summed E-state index contributed by atoms with van der Waals surface area (Å²) in [6.45, 7) is -0.828. The van der Waals surface area contributed by atoms with E-state index in [1.165, 1.54) is 0 Å². The van der Waals surface area contributed by atoms with E-state index in [0.717, 1.165) is 0 Å². The lowest BCUT2D eigenvalue weighted by atomic mass is 10.1. The lowest BCUT2D eigenvalue weighted by Crippen LogP contribution is -2.50. The van der Waals surface area contributed by atoms with E-state index in [1.807, 2.05) is 0 Å². The van der Waals surface area contributed by atoms with Crippen LogP contribution in [0.15, 0.2) is 0 Å². The summed E-state index contributed by atoms with van der Waals surface area (Å²) < 4.78 is 0. The van der Waals surface area contributed by atoms with Gasteiger partial charge in [0.15, 0.2) is 0 Å².